The monoisotopic (exact) mass is 381 g/mol. The highest BCUT2D eigenvalue weighted by molar-refractivity contribution is 6.00. The number of rotatable bonds is 3. The summed E-state index contributed by atoms with van der Waals surface area (Å²) < 4.78 is 11.1. The summed E-state index contributed by atoms with van der Waals surface area (Å²) in [7, 11) is 0. The Balaban J connectivity index is 0.00000196. The molecule has 2 atom stereocenters. The number of anilines is 1. The summed E-state index contributed by atoms with van der Waals surface area (Å²) in [4.78, 5) is 26.6. The topological polar surface area (TPSA) is 79.9 Å². The Morgan fingerprint density at radius 1 is 1.23 bits per heavy atom. The lowest BCUT2D eigenvalue weighted by Crippen LogP contribution is -2.47. The third kappa shape index (κ3) is 3.88. The maximum Gasteiger partial charge on any atom is 0.227 e. The summed E-state index contributed by atoms with van der Waals surface area (Å²) in [6.07, 6.45) is 2.31. The van der Waals surface area contributed by atoms with Crippen molar-refractivity contribution in [2.24, 2.45) is 5.92 Å². The minimum atomic E-state index is -0.303. The first-order chi connectivity index (χ1) is 12.2. The molecule has 2 fully saturated rings. The number of piperidine rings is 1. The van der Waals surface area contributed by atoms with Crippen molar-refractivity contribution in [3.8, 4) is 11.5 Å². The van der Waals surface area contributed by atoms with Gasteiger partial charge in [-0.3, -0.25) is 9.59 Å². The molecule has 142 valence electrons. The molecule has 0 aliphatic carbocycles. The highest BCUT2D eigenvalue weighted by Gasteiger charge is 2.36. The zero-order chi connectivity index (χ0) is 17.2. The van der Waals surface area contributed by atoms with Gasteiger partial charge in [-0.25, -0.2) is 0 Å². The molecule has 2 N–H and O–H groups in total. The number of carbonyl (C=O) groups excluding carboxylic acids is 2. The molecule has 1 aromatic carbocycles. The second kappa shape index (κ2) is 8.14. The Labute approximate surface area is 158 Å². The fourth-order valence-corrected chi connectivity index (χ4v) is 3.63. The van der Waals surface area contributed by atoms with Crippen LogP contribution in [0.25, 0.3) is 0 Å². The Kier molecular flexibility index (Phi) is 5.88. The fraction of sp³-hybridized carbons (Fsp3) is 0.556. The van der Waals surface area contributed by atoms with Crippen molar-refractivity contribution >= 4 is 29.9 Å². The van der Waals surface area contributed by atoms with Crippen molar-refractivity contribution in [3.05, 3.63) is 18.2 Å². The van der Waals surface area contributed by atoms with E-state index in [4.69, 9.17) is 9.47 Å². The molecule has 1 unspecified atom stereocenters. The van der Waals surface area contributed by atoms with E-state index in [1.54, 1.807) is 4.90 Å². The fourth-order valence-electron chi connectivity index (χ4n) is 3.63. The average Bonchev–Trinajstić information content (AvgIpc) is 3.04. The summed E-state index contributed by atoms with van der Waals surface area (Å²) >= 11 is 0. The predicted octanol–water partition coefficient (Wildman–Crippen LogP) is 1.10. The van der Waals surface area contributed by atoms with Gasteiger partial charge in [0.25, 0.3) is 0 Å². The highest BCUT2D eigenvalue weighted by atomic mass is 35.5. The molecule has 8 heteroatoms. The van der Waals surface area contributed by atoms with Gasteiger partial charge in [0, 0.05) is 37.3 Å². The molecule has 3 aliphatic heterocycles. The summed E-state index contributed by atoms with van der Waals surface area (Å²) in [6.45, 7) is 3.26. The quantitative estimate of drug-likeness (QED) is 0.819. The van der Waals surface area contributed by atoms with Crippen LogP contribution in [0.4, 0.5) is 5.69 Å². The minimum Gasteiger partial charge on any atom is -0.486 e. The molecule has 0 aromatic heterocycles. The van der Waals surface area contributed by atoms with Gasteiger partial charge in [0.2, 0.25) is 11.8 Å². The number of nitrogens with zero attached hydrogens (tertiary/aromatic N) is 1. The normalized spacial score (nSPS) is 24.8. The van der Waals surface area contributed by atoms with Crippen molar-refractivity contribution in [1.29, 1.82) is 0 Å². The van der Waals surface area contributed by atoms with E-state index in [2.05, 4.69) is 10.6 Å². The molecular formula is C18H24ClN3O4. The number of amides is 2. The minimum absolute atomic E-state index is 0. The first kappa shape index (κ1) is 18.8. The van der Waals surface area contributed by atoms with E-state index in [1.165, 1.54) is 0 Å². The molecule has 3 aliphatic rings. The van der Waals surface area contributed by atoms with Crippen LogP contribution >= 0.6 is 12.4 Å². The van der Waals surface area contributed by atoms with Gasteiger partial charge in [0.05, 0.1) is 5.92 Å². The van der Waals surface area contributed by atoms with Gasteiger partial charge < -0.3 is 25.0 Å². The van der Waals surface area contributed by atoms with Gasteiger partial charge in [-0.1, -0.05) is 0 Å². The van der Waals surface area contributed by atoms with E-state index in [-0.39, 0.29) is 42.6 Å². The van der Waals surface area contributed by atoms with Gasteiger partial charge in [-0.15, -0.1) is 12.4 Å². The maximum absolute atomic E-state index is 12.5. The first-order valence-electron chi connectivity index (χ1n) is 8.92. The molecule has 2 amide bonds. The first-order valence-corrected chi connectivity index (χ1v) is 8.92. The van der Waals surface area contributed by atoms with Gasteiger partial charge in [-0.05, 0) is 31.5 Å². The Morgan fingerprint density at radius 3 is 2.81 bits per heavy atom. The van der Waals surface area contributed by atoms with E-state index in [9.17, 15) is 9.59 Å². The molecule has 26 heavy (non-hydrogen) atoms. The maximum atomic E-state index is 12.5. The van der Waals surface area contributed by atoms with Crippen LogP contribution in [-0.4, -0.2) is 50.7 Å². The molecule has 3 heterocycles. The van der Waals surface area contributed by atoms with Gasteiger partial charge >= 0.3 is 0 Å². The molecule has 7 nitrogen and oxygen atoms in total. The second-order valence-corrected chi connectivity index (χ2v) is 6.79. The predicted molar refractivity (Wildman–Crippen MR) is 99.2 cm³/mol. The van der Waals surface area contributed by atoms with E-state index >= 15 is 0 Å². The van der Waals surface area contributed by atoms with Crippen molar-refractivity contribution in [2.75, 3.05) is 37.7 Å². The molecule has 0 radical (unpaired) electrons. The number of hydrogen-bond acceptors (Lipinski definition) is 5. The summed E-state index contributed by atoms with van der Waals surface area (Å²) in [5, 5.41) is 6.36. The van der Waals surface area contributed by atoms with E-state index in [1.807, 2.05) is 18.2 Å². The SMILES string of the molecule is Cl.O=C(N[C@H]1CCCNC1)C1CC(=O)N(c2ccc3c(c2)OCCO3)C1. The lowest BCUT2D eigenvalue weighted by Gasteiger charge is -2.25. The molecular weight excluding hydrogens is 358 g/mol. The van der Waals surface area contributed by atoms with E-state index in [0.717, 1.165) is 31.6 Å². The van der Waals surface area contributed by atoms with Crippen LogP contribution in [-0.2, 0) is 9.59 Å². The number of carbonyl (C=O) groups is 2. The zero-order valence-corrected chi connectivity index (χ0v) is 15.3. The van der Waals surface area contributed by atoms with Crippen LogP contribution in [0.5, 0.6) is 11.5 Å². The Hall–Kier alpha value is -1.99. The largest absolute Gasteiger partial charge is 0.486 e. The molecule has 0 saturated carbocycles. The average molecular weight is 382 g/mol. The lowest BCUT2D eigenvalue weighted by atomic mass is 10.0. The molecule has 1 aromatic rings. The number of ether oxygens (including phenoxy) is 2. The summed E-state index contributed by atoms with van der Waals surface area (Å²) in [5.74, 6) is 0.988. The van der Waals surface area contributed by atoms with E-state index in [0.29, 0.717) is 31.3 Å². The summed E-state index contributed by atoms with van der Waals surface area (Å²) in [5.41, 5.74) is 0.754. The highest BCUT2D eigenvalue weighted by Crippen LogP contribution is 2.36. The summed E-state index contributed by atoms with van der Waals surface area (Å²) in [6, 6.07) is 5.65. The Morgan fingerprint density at radius 2 is 2.04 bits per heavy atom. The van der Waals surface area contributed by atoms with Crippen molar-refractivity contribution in [1.82, 2.24) is 10.6 Å². The van der Waals surface area contributed by atoms with Gasteiger partial charge in [0.15, 0.2) is 11.5 Å². The number of hydrogen-bond donors (Lipinski definition) is 2. The van der Waals surface area contributed by atoms with Crippen molar-refractivity contribution < 1.29 is 19.1 Å². The van der Waals surface area contributed by atoms with Crippen molar-refractivity contribution in [2.45, 2.75) is 25.3 Å². The van der Waals surface area contributed by atoms with Gasteiger partial charge in [-0.2, -0.15) is 0 Å². The number of nitrogens with one attached hydrogen (secondary N) is 2. The van der Waals surface area contributed by atoms with Crippen LogP contribution < -0.4 is 25.0 Å². The van der Waals surface area contributed by atoms with Crippen LogP contribution in [0.1, 0.15) is 19.3 Å². The smallest absolute Gasteiger partial charge is 0.227 e. The third-order valence-electron chi connectivity index (χ3n) is 4.98. The molecule has 0 spiro atoms. The lowest BCUT2D eigenvalue weighted by molar-refractivity contribution is -0.127. The molecule has 4 rings (SSSR count). The zero-order valence-electron chi connectivity index (χ0n) is 14.5. The van der Waals surface area contributed by atoms with Crippen LogP contribution in [0.2, 0.25) is 0 Å². The molecule has 2 saturated heterocycles. The third-order valence-corrected chi connectivity index (χ3v) is 4.98. The van der Waals surface area contributed by atoms with Crippen molar-refractivity contribution in [3.63, 3.8) is 0 Å². The van der Waals surface area contributed by atoms with Crippen LogP contribution in [0, 0.1) is 5.92 Å². The van der Waals surface area contributed by atoms with Crippen LogP contribution in [0.3, 0.4) is 0 Å². The molecule has 0 bridgehead atoms. The van der Waals surface area contributed by atoms with Crippen LogP contribution in [0.15, 0.2) is 18.2 Å². The number of benzene rings is 1. The number of fused-ring (bicyclic) bond motifs is 1. The number of halogens is 1. The second-order valence-electron chi connectivity index (χ2n) is 6.79. The Bertz CT molecular complexity index is 678. The van der Waals surface area contributed by atoms with E-state index < -0.39 is 0 Å². The standard InChI is InChI=1S/C18H23N3O4.ClH/c22-17-8-12(18(23)20-13-2-1-5-19-10-13)11-21(17)14-3-4-15-16(9-14)25-7-6-24-15;/h3-4,9,12-13,19H,1-2,5-8,10-11H2,(H,20,23);1H/t12?,13-;/m0./s1. The van der Waals surface area contributed by atoms with Gasteiger partial charge in [0.1, 0.15) is 13.2 Å².